The number of H-pyrrole nitrogens is 1. The van der Waals surface area contributed by atoms with Crippen LogP contribution in [0.25, 0.3) is 11.0 Å². The van der Waals surface area contributed by atoms with Crippen molar-refractivity contribution in [2.75, 3.05) is 31.1 Å². The van der Waals surface area contributed by atoms with Crippen molar-refractivity contribution in [2.24, 2.45) is 0 Å². The highest BCUT2D eigenvalue weighted by atomic mass is 16.2. The molecule has 3 heterocycles. The molecular formula is C18H17N5O. The lowest BCUT2D eigenvalue weighted by molar-refractivity contribution is 0.0746. The fourth-order valence-corrected chi connectivity index (χ4v) is 3.02. The van der Waals surface area contributed by atoms with E-state index in [1.807, 2.05) is 35.2 Å². The summed E-state index contributed by atoms with van der Waals surface area (Å²) in [4.78, 5) is 28.3. The molecule has 1 aliphatic heterocycles. The van der Waals surface area contributed by atoms with E-state index in [0.717, 1.165) is 29.9 Å². The number of fused-ring (bicyclic) bond motifs is 1. The summed E-state index contributed by atoms with van der Waals surface area (Å²) in [5.41, 5.74) is 2.20. The quantitative estimate of drug-likeness (QED) is 0.784. The normalized spacial score (nSPS) is 15.0. The van der Waals surface area contributed by atoms with Crippen molar-refractivity contribution in [1.82, 2.24) is 19.9 Å². The van der Waals surface area contributed by atoms with E-state index in [0.29, 0.717) is 24.5 Å². The molecule has 1 aliphatic rings. The molecule has 6 heteroatoms. The van der Waals surface area contributed by atoms with Crippen LogP contribution in [0.5, 0.6) is 0 Å². The van der Waals surface area contributed by atoms with E-state index in [1.165, 1.54) is 0 Å². The van der Waals surface area contributed by atoms with Gasteiger partial charge in [-0.25, -0.2) is 9.97 Å². The average molecular weight is 319 g/mol. The number of piperazine rings is 1. The number of nitrogens with zero attached hydrogens (tertiary/aromatic N) is 4. The van der Waals surface area contributed by atoms with Crippen LogP contribution in [0, 0.1) is 6.92 Å². The molecule has 3 aromatic rings. The van der Waals surface area contributed by atoms with Crippen molar-refractivity contribution in [2.45, 2.75) is 0 Å². The molecule has 1 aromatic carbocycles. The summed E-state index contributed by atoms with van der Waals surface area (Å²) in [6.45, 7) is 8.57. The van der Waals surface area contributed by atoms with Crippen LogP contribution in [0.1, 0.15) is 16.2 Å². The van der Waals surface area contributed by atoms with E-state index in [1.54, 1.807) is 12.3 Å². The maximum Gasteiger partial charge on any atom is 0.254 e. The van der Waals surface area contributed by atoms with Gasteiger partial charge >= 0.3 is 0 Å². The Morgan fingerprint density at radius 3 is 2.71 bits per heavy atom. The van der Waals surface area contributed by atoms with Crippen molar-refractivity contribution >= 4 is 22.8 Å². The summed E-state index contributed by atoms with van der Waals surface area (Å²) in [5.74, 6) is 1.35. The van der Waals surface area contributed by atoms with Gasteiger partial charge in [-0.15, -0.1) is 0 Å². The van der Waals surface area contributed by atoms with E-state index in [4.69, 9.17) is 6.92 Å². The number of hydrogen-bond donors (Lipinski definition) is 1. The Morgan fingerprint density at radius 2 is 1.96 bits per heavy atom. The van der Waals surface area contributed by atoms with Crippen LogP contribution in [0.2, 0.25) is 0 Å². The number of anilines is 1. The minimum Gasteiger partial charge on any atom is -0.353 e. The first-order chi connectivity index (χ1) is 11.7. The van der Waals surface area contributed by atoms with Crippen LogP contribution in [-0.2, 0) is 0 Å². The van der Waals surface area contributed by atoms with Gasteiger partial charge < -0.3 is 14.8 Å². The van der Waals surface area contributed by atoms with Crippen molar-refractivity contribution in [3.8, 4) is 0 Å². The summed E-state index contributed by atoms with van der Waals surface area (Å²) >= 11 is 0. The third-order valence-electron chi connectivity index (χ3n) is 4.29. The van der Waals surface area contributed by atoms with Gasteiger partial charge in [-0.3, -0.25) is 4.79 Å². The molecule has 120 valence electrons. The van der Waals surface area contributed by atoms with E-state index >= 15 is 0 Å². The minimum absolute atomic E-state index is 0.0331. The van der Waals surface area contributed by atoms with Gasteiger partial charge in [0.15, 0.2) is 0 Å². The smallest absolute Gasteiger partial charge is 0.254 e. The second kappa shape index (κ2) is 5.96. The summed E-state index contributed by atoms with van der Waals surface area (Å²) in [6, 6.07) is 11.3. The predicted octanol–water partition coefficient (Wildman–Crippen LogP) is 1.98. The second-order valence-electron chi connectivity index (χ2n) is 5.82. The van der Waals surface area contributed by atoms with Gasteiger partial charge in [0.2, 0.25) is 0 Å². The van der Waals surface area contributed by atoms with E-state index in [2.05, 4.69) is 19.9 Å². The average Bonchev–Trinajstić information content (AvgIpc) is 3.01. The molecule has 1 saturated heterocycles. The molecule has 0 saturated carbocycles. The fourth-order valence-electron chi connectivity index (χ4n) is 3.02. The first-order valence-electron chi connectivity index (χ1n) is 7.91. The van der Waals surface area contributed by atoms with Gasteiger partial charge in [-0.05, 0) is 30.3 Å². The van der Waals surface area contributed by atoms with Crippen molar-refractivity contribution in [3.05, 3.63) is 60.9 Å². The Hall–Kier alpha value is -2.89. The van der Waals surface area contributed by atoms with Gasteiger partial charge in [0.1, 0.15) is 11.6 Å². The predicted molar refractivity (Wildman–Crippen MR) is 91.8 cm³/mol. The first kappa shape index (κ1) is 14.7. The standard InChI is InChI=1S/C18H17N5O/c1-13-20-15-6-5-14(12-16(15)21-13)18(24)23-10-8-22(9-11-23)17-4-2-3-7-19-17/h1-7,12H,8-11H2,(H,20,21). The van der Waals surface area contributed by atoms with Gasteiger partial charge in [0, 0.05) is 44.9 Å². The Morgan fingerprint density at radius 1 is 1.12 bits per heavy atom. The minimum atomic E-state index is 0.0331. The van der Waals surface area contributed by atoms with E-state index in [-0.39, 0.29) is 5.91 Å². The summed E-state index contributed by atoms with van der Waals surface area (Å²) < 4.78 is 0. The Balaban J connectivity index is 1.47. The molecule has 1 amide bonds. The van der Waals surface area contributed by atoms with E-state index in [9.17, 15) is 4.79 Å². The Kier molecular flexibility index (Phi) is 3.65. The van der Waals surface area contributed by atoms with Crippen molar-refractivity contribution in [1.29, 1.82) is 0 Å². The number of aromatic nitrogens is 3. The number of hydrogen-bond acceptors (Lipinski definition) is 4. The van der Waals surface area contributed by atoms with Crippen molar-refractivity contribution < 1.29 is 4.79 Å². The zero-order valence-electron chi connectivity index (χ0n) is 13.1. The fraction of sp³-hybridized carbons (Fsp3) is 0.222. The van der Waals surface area contributed by atoms with Crippen LogP contribution in [0.15, 0.2) is 42.6 Å². The van der Waals surface area contributed by atoms with Crippen LogP contribution < -0.4 is 4.90 Å². The number of carbonyl (C=O) groups excluding carboxylic acids is 1. The molecular weight excluding hydrogens is 302 g/mol. The molecule has 0 unspecified atom stereocenters. The molecule has 2 aromatic heterocycles. The van der Waals surface area contributed by atoms with Crippen LogP contribution in [0.4, 0.5) is 5.82 Å². The maximum absolute atomic E-state index is 12.7. The number of amides is 1. The Bertz CT molecular complexity index is 866. The lowest BCUT2D eigenvalue weighted by Crippen LogP contribution is -2.49. The van der Waals surface area contributed by atoms with Gasteiger partial charge in [0.05, 0.1) is 11.0 Å². The highest BCUT2D eigenvalue weighted by Crippen LogP contribution is 2.17. The SMILES string of the molecule is [CH]c1nc2ccc(C(=O)N3CCN(c4ccccn4)CC3)cc2[nH]1. The monoisotopic (exact) mass is 319 g/mol. The maximum atomic E-state index is 12.7. The lowest BCUT2D eigenvalue weighted by Gasteiger charge is -2.35. The van der Waals surface area contributed by atoms with Crippen molar-refractivity contribution in [3.63, 3.8) is 0 Å². The Labute approximate surface area is 140 Å². The number of benzene rings is 1. The highest BCUT2D eigenvalue weighted by molar-refractivity contribution is 5.97. The molecule has 2 radical (unpaired) electrons. The lowest BCUT2D eigenvalue weighted by atomic mass is 10.1. The number of pyridine rings is 1. The molecule has 0 atom stereocenters. The molecule has 4 rings (SSSR count). The molecule has 24 heavy (non-hydrogen) atoms. The summed E-state index contributed by atoms with van der Waals surface area (Å²) in [7, 11) is 0. The molecule has 1 fully saturated rings. The zero-order chi connectivity index (χ0) is 16.5. The summed E-state index contributed by atoms with van der Waals surface area (Å²) in [5, 5.41) is 0. The second-order valence-corrected chi connectivity index (χ2v) is 5.82. The number of carbonyl (C=O) groups is 1. The van der Waals surface area contributed by atoms with Crippen LogP contribution in [0.3, 0.4) is 0 Å². The number of imidazole rings is 1. The van der Waals surface area contributed by atoms with E-state index < -0.39 is 0 Å². The first-order valence-corrected chi connectivity index (χ1v) is 7.91. The number of rotatable bonds is 2. The molecule has 0 bridgehead atoms. The van der Waals surface area contributed by atoms with Gasteiger partial charge in [0.25, 0.3) is 5.91 Å². The highest BCUT2D eigenvalue weighted by Gasteiger charge is 2.23. The van der Waals surface area contributed by atoms with Gasteiger partial charge in [-0.1, -0.05) is 6.07 Å². The largest absolute Gasteiger partial charge is 0.353 e. The number of nitrogens with one attached hydrogen (secondary N) is 1. The molecule has 0 aliphatic carbocycles. The zero-order valence-corrected chi connectivity index (χ0v) is 13.1. The third-order valence-corrected chi connectivity index (χ3v) is 4.29. The molecule has 0 spiro atoms. The third kappa shape index (κ3) is 2.71. The number of aromatic amines is 1. The molecule has 1 N–H and O–H groups in total. The summed E-state index contributed by atoms with van der Waals surface area (Å²) in [6.07, 6.45) is 1.79. The van der Waals surface area contributed by atoms with Crippen LogP contribution in [-0.4, -0.2) is 51.9 Å². The van der Waals surface area contributed by atoms with Crippen LogP contribution >= 0.6 is 0 Å². The topological polar surface area (TPSA) is 65.1 Å². The molecule has 6 nitrogen and oxygen atoms in total. The van der Waals surface area contributed by atoms with Gasteiger partial charge in [-0.2, -0.15) is 0 Å².